The van der Waals surface area contributed by atoms with Gasteiger partial charge in [0.25, 0.3) is 0 Å². The molecule has 4 rings (SSSR count). The third kappa shape index (κ3) is 4.73. The summed E-state index contributed by atoms with van der Waals surface area (Å²) in [4.78, 5) is 17.4. The third-order valence-corrected chi connectivity index (χ3v) is 9.96. The van der Waals surface area contributed by atoms with E-state index in [0.29, 0.717) is 35.8 Å². The number of aryl methyl sites for hydroxylation is 1. The second kappa shape index (κ2) is 9.54. The van der Waals surface area contributed by atoms with E-state index in [1.165, 1.54) is 0 Å². The summed E-state index contributed by atoms with van der Waals surface area (Å²) in [7, 11) is -4.13. The number of pyridine rings is 2. The fourth-order valence-electron chi connectivity index (χ4n) is 4.69. The van der Waals surface area contributed by atoms with Crippen LogP contribution in [0.25, 0.3) is 11.0 Å². The molecule has 2 fully saturated rings. The maximum absolute atomic E-state index is 13.9. The normalized spacial score (nSPS) is 30.5. The highest BCUT2D eigenvalue weighted by molar-refractivity contribution is 7.71. The van der Waals surface area contributed by atoms with E-state index < -0.39 is 48.9 Å². The second-order valence-electron chi connectivity index (χ2n) is 9.46. The van der Waals surface area contributed by atoms with E-state index in [1.54, 1.807) is 26.0 Å². The Labute approximate surface area is 208 Å². The van der Waals surface area contributed by atoms with Crippen LogP contribution >= 0.6 is 19.8 Å². The highest BCUT2D eigenvalue weighted by atomic mass is 32.1. The van der Waals surface area contributed by atoms with E-state index >= 15 is 0 Å². The number of hydrogen-bond acceptors (Lipinski definition) is 8. The van der Waals surface area contributed by atoms with Gasteiger partial charge in [-0.3, -0.25) is 9.09 Å². The van der Waals surface area contributed by atoms with Gasteiger partial charge in [-0.1, -0.05) is 33.0 Å². The van der Waals surface area contributed by atoms with E-state index in [1.807, 2.05) is 13.8 Å². The number of H-pyrrole nitrogens is 1. The molecule has 2 aromatic heterocycles. The summed E-state index contributed by atoms with van der Waals surface area (Å²) in [5.74, 6) is -0.610. The molecule has 0 aliphatic carbocycles. The van der Waals surface area contributed by atoms with E-state index in [9.17, 15) is 24.1 Å². The average molecular weight is 531 g/mol. The zero-order chi connectivity index (χ0) is 25.8. The van der Waals surface area contributed by atoms with Gasteiger partial charge in [0.1, 0.15) is 28.6 Å². The van der Waals surface area contributed by atoms with Gasteiger partial charge in [-0.2, -0.15) is 4.39 Å². The molecule has 35 heavy (non-hydrogen) atoms. The molecule has 12 heteroatoms. The SMILES string of the molecule is CCC(CC)(CC1OC(c2cc3cc(C)c(F)nc3[nH]c2=S)C(O)C1O)OP(=O)(O)C1(CC)CO1. The lowest BCUT2D eigenvalue weighted by Gasteiger charge is -2.37. The molecule has 0 saturated carbocycles. The number of rotatable bonds is 9. The van der Waals surface area contributed by atoms with E-state index in [4.69, 9.17) is 26.2 Å². The van der Waals surface area contributed by atoms with Crippen molar-refractivity contribution in [3.05, 3.63) is 33.8 Å². The van der Waals surface area contributed by atoms with Crippen LogP contribution in [0.15, 0.2) is 12.1 Å². The second-order valence-corrected chi connectivity index (χ2v) is 11.9. The minimum Gasteiger partial charge on any atom is -0.388 e. The van der Waals surface area contributed by atoms with Gasteiger partial charge in [0.15, 0.2) is 5.34 Å². The van der Waals surface area contributed by atoms with Crippen LogP contribution in [0.4, 0.5) is 4.39 Å². The average Bonchev–Trinajstić information content (AvgIpc) is 3.58. The molecule has 6 unspecified atom stereocenters. The van der Waals surface area contributed by atoms with Crippen LogP contribution in [0.3, 0.4) is 0 Å². The summed E-state index contributed by atoms with van der Waals surface area (Å²) in [5, 5.41) is 21.1. The molecular weight excluding hydrogens is 498 g/mol. The monoisotopic (exact) mass is 530 g/mol. The molecule has 4 heterocycles. The van der Waals surface area contributed by atoms with Crippen molar-refractivity contribution in [3.63, 3.8) is 0 Å². The summed E-state index contributed by atoms with van der Waals surface area (Å²) in [6, 6.07) is 3.27. The van der Waals surface area contributed by atoms with Gasteiger partial charge in [0.05, 0.1) is 18.3 Å². The summed E-state index contributed by atoms with van der Waals surface area (Å²) < 4.78 is 44.4. The first-order chi connectivity index (χ1) is 16.4. The summed E-state index contributed by atoms with van der Waals surface area (Å²) in [6.45, 7) is 7.18. The van der Waals surface area contributed by atoms with E-state index in [0.717, 1.165) is 0 Å². The fourth-order valence-corrected chi connectivity index (χ4v) is 6.77. The molecule has 9 nitrogen and oxygen atoms in total. The Bertz CT molecular complexity index is 1220. The quantitative estimate of drug-likeness (QED) is 0.163. The minimum absolute atomic E-state index is 0.0784. The number of nitrogens with zero attached hydrogens (tertiary/aromatic N) is 1. The molecule has 4 N–H and O–H groups in total. The Morgan fingerprint density at radius 1 is 1.31 bits per heavy atom. The van der Waals surface area contributed by atoms with Crippen molar-refractivity contribution < 1.29 is 38.1 Å². The van der Waals surface area contributed by atoms with Gasteiger partial charge >= 0.3 is 7.60 Å². The van der Waals surface area contributed by atoms with Crippen LogP contribution in [0, 0.1) is 17.5 Å². The summed E-state index contributed by atoms with van der Waals surface area (Å²) in [6.07, 6.45) is -3.25. The number of aliphatic hydroxyl groups excluding tert-OH is 2. The van der Waals surface area contributed by atoms with E-state index in [-0.39, 0.29) is 23.3 Å². The molecule has 2 aliphatic rings. The van der Waals surface area contributed by atoms with Crippen LogP contribution in [0.2, 0.25) is 0 Å². The number of fused-ring (bicyclic) bond motifs is 1. The maximum Gasteiger partial charge on any atom is 0.362 e. The van der Waals surface area contributed by atoms with Gasteiger partial charge in [0, 0.05) is 22.9 Å². The first-order valence-electron chi connectivity index (χ1n) is 11.8. The maximum atomic E-state index is 13.9. The Balaban J connectivity index is 1.61. The van der Waals surface area contributed by atoms with Gasteiger partial charge < -0.3 is 29.6 Å². The van der Waals surface area contributed by atoms with Crippen molar-refractivity contribution in [2.45, 2.75) is 88.7 Å². The van der Waals surface area contributed by atoms with Crippen molar-refractivity contribution in [2.75, 3.05) is 6.61 Å². The lowest BCUT2D eigenvalue weighted by atomic mass is 9.88. The smallest absolute Gasteiger partial charge is 0.362 e. The molecule has 6 atom stereocenters. The first-order valence-corrected chi connectivity index (χ1v) is 13.8. The lowest BCUT2D eigenvalue weighted by Crippen LogP contribution is -2.40. The van der Waals surface area contributed by atoms with Crippen LogP contribution in [-0.4, -0.2) is 60.9 Å². The molecule has 0 amide bonds. The minimum atomic E-state index is -4.13. The number of aliphatic hydroxyl groups is 2. The molecule has 194 valence electrons. The Hall–Kier alpha value is -1.30. The number of nitrogens with one attached hydrogen (secondary N) is 1. The molecule has 2 aliphatic heterocycles. The lowest BCUT2D eigenvalue weighted by molar-refractivity contribution is -0.0569. The topological polar surface area (TPSA) is 137 Å². The molecule has 0 radical (unpaired) electrons. The molecule has 0 bridgehead atoms. The zero-order valence-corrected chi connectivity index (χ0v) is 21.9. The van der Waals surface area contributed by atoms with Crippen molar-refractivity contribution >= 4 is 30.8 Å². The van der Waals surface area contributed by atoms with Crippen LogP contribution in [-0.2, 0) is 18.6 Å². The van der Waals surface area contributed by atoms with Crippen molar-refractivity contribution in [1.82, 2.24) is 9.97 Å². The standard InChI is InChI=1S/C23H32FN2O7PS/c1-5-22(6-2,33-34(29,30)23(7-3)11-31-23)10-15-16(27)17(28)18(32-15)14-9-13-8-12(4)19(24)25-20(13)26-21(14)35/h8-9,15-18,27-28H,5-7,10-11H2,1-4H3,(H,29,30)(H,25,26,35). The largest absolute Gasteiger partial charge is 0.388 e. The third-order valence-electron chi connectivity index (χ3n) is 7.38. The van der Waals surface area contributed by atoms with Gasteiger partial charge in [0.2, 0.25) is 5.95 Å². The molecular formula is C23H32FN2O7PS. The Morgan fingerprint density at radius 2 is 1.97 bits per heavy atom. The fraction of sp³-hybridized carbons (Fsp3) is 0.652. The predicted octanol–water partition coefficient (Wildman–Crippen LogP) is 4.19. The van der Waals surface area contributed by atoms with Gasteiger partial charge in [-0.05, 0) is 38.3 Å². The summed E-state index contributed by atoms with van der Waals surface area (Å²) in [5.41, 5.74) is -0.0334. The zero-order valence-electron chi connectivity index (χ0n) is 20.2. The van der Waals surface area contributed by atoms with E-state index in [2.05, 4.69) is 9.97 Å². The molecule has 0 spiro atoms. The molecule has 2 aromatic rings. The number of hydrogen-bond donors (Lipinski definition) is 4. The Kier molecular flexibility index (Phi) is 7.29. The number of halogens is 1. The van der Waals surface area contributed by atoms with Crippen molar-refractivity contribution in [1.29, 1.82) is 0 Å². The predicted molar refractivity (Wildman–Crippen MR) is 129 cm³/mol. The number of ether oxygens (including phenoxy) is 2. The van der Waals surface area contributed by atoms with Crippen molar-refractivity contribution in [3.8, 4) is 0 Å². The van der Waals surface area contributed by atoms with Crippen molar-refractivity contribution in [2.24, 2.45) is 0 Å². The highest BCUT2D eigenvalue weighted by Crippen LogP contribution is 2.67. The Morgan fingerprint density at radius 3 is 2.54 bits per heavy atom. The number of aromatic nitrogens is 2. The number of aromatic amines is 1. The first kappa shape index (κ1) is 26.8. The molecule has 2 saturated heterocycles. The van der Waals surface area contributed by atoms with Gasteiger partial charge in [-0.15, -0.1) is 0 Å². The molecule has 0 aromatic carbocycles. The summed E-state index contributed by atoms with van der Waals surface area (Å²) >= 11 is 5.41. The number of epoxide rings is 1. The van der Waals surface area contributed by atoms with Crippen LogP contribution < -0.4 is 0 Å². The van der Waals surface area contributed by atoms with Gasteiger partial charge in [-0.25, -0.2) is 4.98 Å². The highest BCUT2D eigenvalue weighted by Gasteiger charge is 2.62. The van der Waals surface area contributed by atoms with Crippen LogP contribution in [0.5, 0.6) is 0 Å². The van der Waals surface area contributed by atoms with Crippen LogP contribution in [0.1, 0.15) is 63.7 Å².